The number of nitrogens with zero attached hydrogens (tertiary/aromatic N) is 1. The number of hydrogen-bond donors (Lipinski definition) is 1. The van der Waals surface area contributed by atoms with Gasteiger partial charge in [0.2, 0.25) is 0 Å². The number of hydrogen-bond acceptors (Lipinski definition) is 2. The fourth-order valence-electron chi connectivity index (χ4n) is 0.836. The summed E-state index contributed by atoms with van der Waals surface area (Å²) >= 11 is 3.01. The van der Waals surface area contributed by atoms with Gasteiger partial charge in [0.05, 0.1) is 23.1 Å². The van der Waals surface area contributed by atoms with Crippen LogP contribution in [0.25, 0.3) is 0 Å². The van der Waals surface area contributed by atoms with Crippen molar-refractivity contribution in [1.29, 1.82) is 0 Å². The molecule has 0 amide bonds. The molecule has 0 fully saturated rings. The average molecular weight is 237 g/mol. The highest BCUT2D eigenvalue weighted by molar-refractivity contribution is 9.10. The summed E-state index contributed by atoms with van der Waals surface area (Å²) in [5.74, 6) is 0. The summed E-state index contributed by atoms with van der Waals surface area (Å²) in [6.07, 6.45) is -1.33. The summed E-state index contributed by atoms with van der Waals surface area (Å²) in [4.78, 5) is 3.82. The Labute approximate surface area is 76.9 Å². The van der Waals surface area contributed by atoms with Gasteiger partial charge < -0.3 is 5.73 Å². The van der Waals surface area contributed by atoms with Crippen LogP contribution in [0.3, 0.4) is 0 Å². The van der Waals surface area contributed by atoms with E-state index in [-0.39, 0.29) is 15.7 Å². The van der Waals surface area contributed by atoms with E-state index in [2.05, 4.69) is 20.9 Å². The molecule has 1 rings (SSSR count). The number of pyridine rings is 1. The van der Waals surface area contributed by atoms with Crippen LogP contribution in [-0.2, 0) is 0 Å². The van der Waals surface area contributed by atoms with Crippen LogP contribution in [0.1, 0.15) is 17.7 Å². The molecule has 0 bridgehead atoms. The molecule has 1 aromatic rings. The lowest BCUT2D eigenvalue weighted by molar-refractivity contribution is 0.151. The maximum atomic E-state index is 12.3. The van der Waals surface area contributed by atoms with E-state index < -0.39 is 6.43 Å². The van der Waals surface area contributed by atoms with Crippen molar-refractivity contribution in [3.05, 3.63) is 21.9 Å². The van der Waals surface area contributed by atoms with E-state index in [1.807, 2.05) is 0 Å². The highest BCUT2D eigenvalue weighted by atomic mass is 79.9. The monoisotopic (exact) mass is 236 g/mol. The largest absolute Gasteiger partial charge is 0.397 e. The van der Waals surface area contributed by atoms with Crippen LogP contribution in [0.15, 0.2) is 10.7 Å². The smallest absolute Gasteiger partial charge is 0.267 e. The van der Waals surface area contributed by atoms with Gasteiger partial charge in [-0.1, -0.05) is 0 Å². The molecule has 2 nitrogen and oxygen atoms in total. The molecule has 1 aromatic heterocycles. The minimum absolute atomic E-state index is 0.0162. The van der Waals surface area contributed by atoms with Crippen molar-refractivity contribution < 1.29 is 8.78 Å². The Morgan fingerprint density at radius 3 is 2.58 bits per heavy atom. The van der Waals surface area contributed by atoms with Gasteiger partial charge in [-0.3, -0.25) is 4.98 Å². The van der Waals surface area contributed by atoms with Gasteiger partial charge in [-0.15, -0.1) is 0 Å². The zero-order valence-electron chi connectivity index (χ0n) is 6.31. The van der Waals surface area contributed by atoms with Crippen molar-refractivity contribution in [1.82, 2.24) is 4.98 Å². The molecule has 0 spiro atoms. The third-order valence-electron chi connectivity index (χ3n) is 1.48. The van der Waals surface area contributed by atoms with E-state index in [1.54, 1.807) is 6.92 Å². The summed E-state index contributed by atoms with van der Waals surface area (Å²) in [6, 6.07) is 0. The van der Waals surface area contributed by atoms with Crippen molar-refractivity contribution in [2.75, 3.05) is 5.73 Å². The van der Waals surface area contributed by atoms with Crippen molar-refractivity contribution in [3.8, 4) is 0 Å². The van der Waals surface area contributed by atoms with Gasteiger partial charge in [-0.05, 0) is 22.9 Å². The number of rotatable bonds is 1. The highest BCUT2D eigenvalue weighted by Crippen LogP contribution is 2.32. The number of nitrogens with two attached hydrogens (primary N) is 1. The molecule has 5 heteroatoms. The van der Waals surface area contributed by atoms with Gasteiger partial charge in [0.1, 0.15) is 0 Å². The van der Waals surface area contributed by atoms with Gasteiger partial charge >= 0.3 is 0 Å². The van der Waals surface area contributed by atoms with Gasteiger partial charge in [-0.25, -0.2) is 8.78 Å². The van der Waals surface area contributed by atoms with Crippen LogP contribution in [0.2, 0.25) is 0 Å². The Balaban J connectivity index is 3.33. The molecule has 1 heterocycles. The number of nitrogen functional groups attached to an aromatic ring is 1. The molecule has 0 atom stereocenters. The number of alkyl halides is 2. The van der Waals surface area contributed by atoms with E-state index in [4.69, 9.17) is 5.73 Å². The van der Waals surface area contributed by atoms with Crippen molar-refractivity contribution in [3.63, 3.8) is 0 Å². The first-order chi connectivity index (χ1) is 5.54. The lowest BCUT2D eigenvalue weighted by Gasteiger charge is -2.07. The molecule has 0 saturated heterocycles. The van der Waals surface area contributed by atoms with Gasteiger partial charge in [-0.2, -0.15) is 0 Å². The van der Waals surface area contributed by atoms with Gasteiger partial charge in [0.25, 0.3) is 6.43 Å². The summed E-state index contributed by atoms with van der Waals surface area (Å²) in [5, 5.41) is 0. The molecular weight excluding hydrogens is 230 g/mol. The fourth-order valence-corrected chi connectivity index (χ4v) is 1.34. The molecular formula is C7H7BrF2N2. The molecule has 2 N–H and O–H groups in total. The summed E-state index contributed by atoms with van der Waals surface area (Å²) in [6.45, 7) is 1.63. The fraction of sp³-hybridized carbons (Fsp3) is 0.286. The van der Waals surface area contributed by atoms with Gasteiger partial charge in [0.15, 0.2) is 0 Å². The standard InChI is InChI=1S/C7H7BrF2N2/c1-3-6(8)5(7(9)10)4(11)2-12-3/h2,7H,11H2,1H3. The molecule has 0 aromatic carbocycles. The summed E-state index contributed by atoms with van der Waals surface area (Å²) in [5.41, 5.74) is 5.67. The van der Waals surface area contributed by atoms with Crippen LogP contribution in [0.5, 0.6) is 0 Å². The first-order valence-corrected chi connectivity index (χ1v) is 4.02. The molecule has 0 aliphatic carbocycles. The zero-order valence-corrected chi connectivity index (χ0v) is 7.90. The summed E-state index contributed by atoms with van der Waals surface area (Å²) < 4.78 is 25.0. The van der Waals surface area contributed by atoms with Crippen molar-refractivity contribution >= 4 is 21.6 Å². The Kier molecular flexibility index (Phi) is 2.62. The maximum Gasteiger partial charge on any atom is 0.267 e. The van der Waals surface area contributed by atoms with Crippen molar-refractivity contribution in [2.24, 2.45) is 0 Å². The normalized spacial score (nSPS) is 10.8. The van der Waals surface area contributed by atoms with Crippen LogP contribution < -0.4 is 5.73 Å². The number of halogens is 3. The number of aromatic nitrogens is 1. The quantitative estimate of drug-likeness (QED) is 0.815. The lowest BCUT2D eigenvalue weighted by Crippen LogP contribution is -1.99. The maximum absolute atomic E-state index is 12.3. The lowest BCUT2D eigenvalue weighted by atomic mass is 10.2. The first kappa shape index (κ1) is 9.38. The minimum Gasteiger partial charge on any atom is -0.397 e. The minimum atomic E-state index is -2.57. The second-order valence-corrected chi connectivity index (χ2v) is 3.12. The molecule has 12 heavy (non-hydrogen) atoms. The molecule has 0 unspecified atom stereocenters. The third kappa shape index (κ3) is 1.55. The Morgan fingerprint density at radius 2 is 2.17 bits per heavy atom. The predicted molar refractivity (Wildman–Crippen MR) is 46.0 cm³/mol. The van der Waals surface area contributed by atoms with E-state index in [0.717, 1.165) is 0 Å². The second-order valence-electron chi connectivity index (χ2n) is 2.33. The topological polar surface area (TPSA) is 38.9 Å². The molecule has 0 aliphatic rings. The number of anilines is 1. The SMILES string of the molecule is Cc1ncc(N)c(C(F)F)c1Br. The van der Waals surface area contributed by atoms with E-state index in [1.165, 1.54) is 6.20 Å². The van der Waals surface area contributed by atoms with Crippen molar-refractivity contribution in [2.45, 2.75) is 13.3 Å². The molecule has 0 saturated carbocycles. The number of aryl methyl sites for hydroxylation is 1. The van der Waals surface area contributed by atoms with Crippen LogP contribution in [-0.4, -0.2) is 4.98 Å². The zero-order chi connectivity index (χ0) is 9.30. The Bertz CT molecular complexity index is 302. The summed E-state index contributed by atoms with van der Waals surface area (Å²) in [7, 11) is 0. The molecule has 0 radical (unpaired) electrons. The van der Waals surface area contributed by atoms with E-state index in [9.17, 15) is 8.78 Å². The molecule has 66 valence electrons. The molecule has 0 aliphatic heterocycles. The van der Waals surface area contributed by atoms with Crippen LogP contribution in [0, 0.1) is 6.92 Å². The average Bonchev–Trinajstić information content (AvgIpc) is 1.97. The second kappa shape index (κ2) is 3.35. The van der Waals surface area contributed by atoms with Crippen LogP contribution >= 0.6 is 15.9 Å². The van der Waals surface area contributed by atoms with E-state index in [0.29, 0.717) is 5.69 Å². The van der Waals surface area contributed by atoms with E-state index >= 15 is 0 Å². The Morgan fingerprint density at radius 1 is 1.58 bits per heavy atom. The first-order valence-electron chi connectivity index (χ1n) is 3.22. The highest BCUT2D eigenvalue weighted by Gasteiger charge is 2.17. The van der Waals surface area contributed by atoms with Gasteiger partial charge in [0, 0.05) is 4.47 Å². The van der Waals surface area contributed by atoms with Crippen LogP contribution in [0.4, 0.5) is 14.5 Å². The Hall–Kier alpha value is -0.710. The predicted octanol–water partition coefficient (Wildman–Crippen LogP) is 2.67. The third-order valence-corrected chi connectivity index (χ3v) is 2.48.